The van der Waals surface area contributed by atoms with Gasteiger partial charge in [0, 0.05) is 17.7 Å². The number of methoxy groups -OCH3 is 3. The SMILES string of the molecule is COc1cc(NC(=O)N[C@@H](CO)C(=O)NCC(=O)NC(=O)c2ccc(N=C(N)N)cc2)cc(OC)c1OC.Cl. The van der Waals surface area contributed by atoms with E-state index in [0.29, 0.717) is 11.4 Å². The molecule has 0 aliphatic rings. The summed E-state index contributed by atoms with van der Waals surface area (Å²) in [4.78, 5) is 52.9. The molecular formula is C23H30ClN7O8. The summed E-state index contributed by atoms with van der Waals surface area (Å²) in [6, 6.07) is 6.45. The Balaban J connectivity index is 0.00000760. The zero-order valence-electron chi connectivity index (χ0n) is 21.3. The first-order valence-electron chi connectivity index (χ1n) is 10.9. The van der Waals surface area contributed by atoms with Crippen LogP contribution in [0.15, 0.2) is 41.4 Å². The van der Waals surface area contributed by atoms with Crippen molar-refractivity contribution >= 4 is 53.5 Å². The minimum atomic E-state index is -1.40. The number of hydrogen-bond donors (Lipinski definition) is 7. The van der Waals surface area contributed by atoms with Crippen molar-refractivity contribution < 1.29 is 38.5 Å². The maximum atomic E-state index is 12.4. The number of halogens is 1. The average molecular weight is 568 g/mol. The number of guanidine groups is 1. The van der Waals surface area contributed by atoms with Crippen LogP contribution in [-0.2, 0) is 9.59 Å². The second kappa shape index (κ2) is 15.5. The lowest BCUT2D eigenvalue weighted by atomic mass is 10.2. The van der Waals surface area contributed by atoms with Crippen molar-refractivity contribution in [2.45, 2.75) is 6.04 Å². The van der Waals surface area contributed by atoms with E-state index in [-0.39, 0.29) is 41.1 Å². The standard InChI is InChI=1S/C23H29N7O8.ClH/c1-36-16-8-14(9-17(37-2)19(16)38-3)28-23(35)29-15(11-31)21(34)26-10-18(32)30-20(33)12-4-6-13(7-5-12)27-22(24)25;/h4-9,15,31H,10-11H2,1-3H3,(H,26,34)(H4,24,25,27)(H2,28,29,35)(H,30,32,33);1H/t15-;/m0./s1. The molecule has 0 aromatic heterocycles. The van der Waals surface area contributed by atoms with Crippen LogP contribution >= 0.6 is 12.4 Å². The van der Waals surface area contributed by atoms with E-state index in [1.165, 1.54) is 57.7 Å². The number of aliphatic imine (C=N–C) groups is 1. The molecule has 0 aliphatic heterocycles. The third kappa shape index (κ3) is 9.56. The topological polar surface area (TPSA) is 229 Å². The zero-order valence-corrected chi connectivity index (χ0v) is 22.1. The van der Waals surface area contributed by atoms with E-state index in [1.807, 2.05) is 0 Å². The number of ether oxygens (including phenoxy) is 3. The number of rotatable bonds is 11. The summed E-state index contributed by atoms with van der Waals surface area (Å²) in [5, 5.41) is 18.6. The van der Waals surface area contributed by atoms with Crippen molar-refractivity contribution in [2.75, 3.05) is 39.8 Å². The van der Waals surface area contributed by atoms with Gasteiger partial charge in [-0.1, -0.05) is 0 Å². The van der Waals surface area contributed by atoms with Crippen LogP contribution in [0.25, 0.3) is 0 Å². The van der Waals surface area contributed by atoms with Crippen LogP contribution in [0, 0.1) is 0 Å². The molecular weight excluding hydrogens is 538 g/mol. The van der Waals surface area contributed by atoms with Crippen molar-refractivity contribution in [1.29, 1.82) is 0 Å². The number of hydrogen-bond acceptors (Lipinski definition) is 9. The molecule has 0 fully saturated rings. The first-order valence-corrected chi connectivity index (χ1v) is 10.9. The predicted molar refractivity (Wildman–Crippen MR) is 144 cm³/mol. The summed E-state index contributed by atoms with van der Waals surface area (Å²) >= 11 is 0. The highest BCUT2D eigenvalue weighted by molar-refractivity contribution is 6.06. The summed E-state index contributed by atoms with van der Waals surface area (Å²) in [5.74, 6) is -1.68. The van der Waals surface area contributed by atoms with Gasteiger partial charge >= 0.3 is 6.03 Å². The molecule has 2 aromatic carbocycles. The minimum Gasteiger partial charge on any atom is -0.493 e. The number of aliphatic hydroxyl groups is 1. The highest BCUT2D eigenvalue weighted by Crippen LogP contribution is 2.39. The molecule has 0 unspecified atom stereocenters. The second-order valence-corrected chi connectivity index (χ2v) is 7.43. The minimum absolute atomic E-state index is 0. The summed E-state index contributed by atoms with van der Waals surface area (Å²) in [7, 11) is 4.23. The number of benzene rings is 2. The third-order valence-corrected chi connectivity index (χ3v) is 4.79. The molecule has 212 valence electrons. The summed E-state index contributed by atoms with van der Waals surface area (Å²) < 4.78 is 15.6. The maximum Gasteiger partial charge on any atom is 0.319 e. The Bertz CT molecular complexity index is 1180. The smallest absolute Gasteiger partial charge is 0.319 e. The number of nitrogens with zero attached hydrogens (tertiary/aromatic N) is 1. The first-order chi connectivity index (χ1) is 18.1. The van der Waals surface area contributed by atoms with Crippen molar-refractivity contribution in [3.63, 3.8) is 0 Å². The molecule has 0 saturated carbocycles. The average Bonchev–Trinajstić information content (AvgIpc) is 2.89. The molecule has 15 nitrogen and oxygen atoms in total. The Morgan fingerprint density at radius 2 is 1.56 bits per heavy atom. The number of amides is 5. The van der Waals surface area contributed by atoms with Crippen LogP contribution < -0.4 is 46.9 Å². The Labute approximate surface area is 229 Å². The molecule has 0 bridgehead atoms. The fraction of sp³-hybridized carbons (Fsp3) is 0.261. The molecule has 2 rings (SSSR count). The van der Waals surface area contributed by atoms with Crippen LogP contribution in [0.4, 0.5) is 16.2 Å². The van der Waals surface area contributed by atoms with E-state index in [0.717, 1.165) is 0 Å². The first kappa shape index (κ1) is 32.3. The number of urea groups is 1. The van der Waals surface area contributed by atoms with E-state index in [9.17, 15) is 24.3 Å². The second-order valence-electron chi connectivity index (χ2n) is 7.43. The monoisotopic (exact) mass is 567 g/mol. The van der Waals surface area contributed by atoms with E-state index < -0.39 is 42.9 Å². The molecule has 2 aromatic rings. The van der Waals surface area contributed by atoms with Crippen molar-refractivity contribution in [3.8, 4) is 17.2 Å². The number of aliphatic hydroxyl groups excluding tert-OH is 1. The number of nitrogens with one attached hydrogen (secondary N) is 4. The van der Waals surface area contributed by atoms with Gasteiger partial charge in [-0.3, -0.25) is 19.7 Å². The Kier molecular flexibility index (Phi) is 12.8. The number of carbonyl (C=O) groups excluding carboxylic acids is 4. The molecule has 0 aliphatic carbocycles. The van der Waals surface area contributed by atoms with Gasteiger partial charge in [0.15, 0.2) is 17.5 Å². The molecule has 9 N–H and O–H groups in total. The van der Waals surface area contributed by atoms with E-state index >= 15 is 0 Å². The molecule has 16 heteroatoms. The summed E-state index contributed by atoms with van der Waals surface area (Å²) in [5.41, 5.74) is 11.4. The third-order valence-electron chi connectivity index (χ3n) is 4.79. The molecule has 0 radical (unpaired) electrons. The van der Waals surface area contributed by atoms with E-state index in [1.54, 1.807) is 0 Å². The predicted octanol–water partition coefficient (Wildman–Crippen LogP) is -0.406. The van der Waals surface area contributed by atoms with Crippen LogP contribution in [0.1, 0.15) is 10.4 Å². The van der Waals surface area contributed by atoms with Gasteiger partial charge in [0.1, 0.15) is 6.04 Å². The van der Waals surface area contributed by atoms with Gasteiger partial charge in [-0.25, -0.2) is 9.79 Å². The van der Waals surface area contributed by atoms with E-state index in [2.05, 4.69) is 26.3 Å². The van der Waals surface area contributed by atoms with Crippen molar-refractivity contribution in [1.82, 2.24) is 16.0 Å². The van der Waals surface area contributed by atoms with E-state index in [4.69, 9.17) is 25.7 Å². The molecule has 5 amide bonds. The van der Waals surface area contributed by atoms with Gasteiger partial charge in [0.05, 0.1) is 45.9 Å². The van der Waals surface area contributed by atoms with Gasteiger partial charge < -0.3 is 46.7 Å². The molecule has 0 saturated heterocycles. The Hall–Kier alpha value is -4.76. The molecule has 0 spiro atoms. The van der Waals surface area contributed by atoms with Gasteiger partial charge in [-0.2, -0.15) is 0 Å². The number of nitrogens with two attached hydrogens (primary N) is 2. The Morgan fingerprint density at radius 1 is 0.974 bits per heavy atom. The molecule has 1 atom stereocenters. The number of carbonyl (C=O) groups is 4. The van der Waals surface area contributed by atoms with Crippen LogP contribution in [0.3, 0.4) is 0 Å². The number of anilines is 1. The quantitative estimate of drug-likeness (QED) is 0.137. The van der Waals surface area contributed by atoms with Gasteiger partial charge in [0.2, 0.25) is 17.6 Å². The fourth-order valence-electron chi connectivity index (χ4n) is 3.04. The molecule has 0 heterocycles. The molecule has 39 heavy (non-hydrogen) atoms. The number of imide groups is 1. The normalized spacial score (nSPS) is 10.6. The van der Waals surface area contributed by atoms with Crippen LogP contribution in [0.2, 0.25) is 0 Å². The lowest BCUT2D eigenvalue weighted by molar-refractivity contribution is -0.127. The van der Waals surface area contributed by atoms with Crippen molar-refractivity contribution in [2.24, 2.45) is 16.5 Å². The highest BCUT2D eigenvalue weighted by Gasteiger charge is 2.22. The van der Waals surface area contributed by atoms with Gasteiger partial charge in [0.25, 0.3) is 5.91 Å². The highest BCUT2D eigenvalue weighted by atomic mass is 35.5. The van der Waals surface area contributed by atoms with Crippen LogP contribution in [-0.4, -0.2) is 75.3 Å². The fourth-order valence-corrected chi connectivity index (χ4v) is 3.04. The van der Waals surface area contributed by atoms with Gasteiger partial charge in [-0.15, -0.1) is 12.4 Å². The maximum absolute atomic E-state index is 12.4. The van der Waals surface area contributed by atoms with Gasteiger partial charge in [-0.05, 0) is 24.3 Å². The lowest BCUT2D eigenvalue weighted by Crippen LogP contribution is -2.52. The summed E-state index contributed by atoms with van der Waals surface area (Å²) in [6.45, 7) is -1.36. The van der Waals surface area contributed by atoms with Crippen LogP contribution in [0.5, 0.6) is 17.2 Å². The largest absolute Gasteiger partial charge is 0.493 e. The zero-order chi connectivity index (χ0) is 28.2. The van der Waals surface area contributed by atoms with Crippen molar-refractivity contribution in [3.05, 3.63) is 42.0 Å². The summed E-state index contributed by atoms with van der Waals surface area (Å²) in [6.07, 6.45) is 0. The lowest BCUT2D eigenvalue weighted by Gasteiger charge is -2.18. The Morgan fingerprint density at radius 3 is 2.05 bits per heavy atom.